The van der Waals surface area contributed by atoms with Crippen molar-refractivity contribution in [2.24, 2.45) is 0 Å². The zero-order valence-electron chi connectivity index (χ0n) is 18.5. The molecule has 0 unspecified atom stereocenters. The number of sulfonamides is 1. The summed E-state index contributed by atoms with van der Waals surface area (Å²) in [5.74, 6) is 0.612. The first-order chi connectivity index (χ1) is 15.7. The van der Waals surface area contributed by atoms with Crippen LogP contribution in [-0.4, -0.2) is 34.2 Å². The van der Waals surface area contributed by atoms with Crippen molar-refractivity contribution in [1.82, 2.24) is 0 Å². The van der Waals surface area contributed by atoms with Crippen LogP contribution in [0.4, 0.5) is 11.4 Å². The van der Waals surface area contributed by atoms with E-state index in [1.165, 1.54) is 7.11 Å². The molecule has 0 atom stereocenters. The van der Waals surface area contributed by atoms with Gasteiger partial charge in [0.05, 0.1) is 24.7 Å². The van der Waals surface area contributed by atoms with Gasteiger partial charge in [-0.3, -0.25) is 9.10 Å². The van der Waals surface area contributed by atoms with Gasteiger partial charge in [-0.15, -0.1) is 11.8 Å². The summed E-state index contributed by atoms with van der Waals surface area (Å²) in [7, 11) is -2.28. The second-order valence-electron chi connectivity index (χ2n) is 7.40. The van der Waals surface area contributed by atoms with Crippen molar-refractivity contribution in [3.63, 3.8) is 0 Å². The first kappa shape index (κ1) is 25.0. The summed E-state index contributed by atoms with van der Waals surface area (Å²) in [5, 5.41) is 3.53. The molecule has 3 aromatic rings. The van der Waals surface area contributed by atoms with Gasteiger partial charge in [0.25, 0.3) is 0 Å². The van der Waals surface area contributed by atoms with E-state index in [0.29, 0.717) is 27.9 Å². The molecule has 0 saturated heterocycles. The number of carbonyl (C=O) groups excluding carboxylic acids is 1. The summed E-state index contributed by atoms with van der Waals surface area (Å²) in [5.41, 5.74) is 2.88. The molecule has 174 valence electrons. The molecule has 6 nitrogen and oxygen atoms in total. The van der Waals surface area contributed by atoms with Gasteiger partial charge in [0.1, 0.15) is 12.3 Å². The zero-order chi connectivity index (χ0) is 24.0. The molecule has 0 aliphatic carbocycles. The second-order valence-corrected chi connectivity index (χ2v) is 10.8. The fourth-order valence-electron chi connectivity index (χ4n) is 3.13. The number of ether oxygens (including phenoxy) is 1. The number of methoxy groups -OCH3 is 1. The highest BCUT2D eigenvalue weighted by Crippen LogP contribution is 2.32. The Morgan fingerprint density at radius 1 is 1.09 bits per heavy atom. The number of para-hydroxylation sites is 1. The number of carbonyl (C=O) groups is 1. The Labute approximate surface area is 204 Å². The van der Waals surface area contributed by atoms with Crippen molar-refractivity contribution in [2.45, 2.75) is 17.6 Å². The van der Waals surface area contributed by atoms with Crippen LogP contribution in [-0.2, 0) is 20.6 Å². The first-order valence-electron chi connectivity index (χ1n) is 10.1. The predicted octanol–water partition coefficient (Wildman–Crippen LogP) is 5.35. The van der Waals surface area contributed by atoms with Crippen molar-refractivity contribution in [3.05, 3.63) is 82.9 Å². The molecule has 0 saturated carbocycles. The lowest BCUT2D eigenvalue weighted by atomic mass is 10.2. The molecule has 0 spiro atoms. The van der Waals surface area contributed by atoms with Gasteiger partial charge >= 0.3 is 0 Å². The Balaban J connectivity index is 1.78. The van der Waals surface area contributed by atoms with Gasteiger partial charge in [0.15, 0.2) is 0 Å². The predicted molar refractivity (Wildman–Crippen MR) is 136 cm³/mol. The molecule has 3 aromatic carbocycles. The molecule has 0 aliphatic rings. The fraction of sp³-hybridized carbons (Fsp3) is 0.208. The van der Waals surface area contributed by atoms with Crippen LogP contribution < -0.4 is 14.4 Å². The van der Waals surface area contributed by atoms with Crippen molar-refractivity contribution in [2.75, 3.05) is 29.5 Å². The van der Waals surface area contributed by atoms with Crippen LogP contribution in [0, 0.1) is 6.92 Å². The van der Waals surface area contributed by atoms with Crippen LogP contribution in [0.3, 0.4) is 0 Å². The summed E-state index contributed by atoms with van der Waals surface area (Å²) in [6.45, 7) is 1.46. The van der Waals surface area contributed by atoms with E-state index in [0.717, 1.165) is 26.6 Å². The van der Waals surface area contributed by atoms with E-state index in [-0.39, 0.29) is 6.54 Å². The molecule has 0 radical (unpaired) electrons. The maximum absolute atomic E-state index is 12.9. The summed E-state index contributed by atoms with van der Waals surface area (Å²) in [6, 6.07) is 20.2. The number of benzene rings is 3. The number of aryl methyl sites for hydroxylation is 1. The van der Waals surface area contributed by atoms with Crippen LogP contribution in [0.25, 0.3) is 0 Å². The average Bonchev–Trinajstić information content (AvgIpc) is 2.77. The van der Waals surface area contributed by atoms with E-state index in [1.54, 1.807) is 30.0 Å². The van der Waals surface area contributed by atoms with E-state index in [4.69, 9.17) is 16.3 Å². The molecule has 1 N–H and O–H groups in total. The topological polar surface area (TPSA) is 75.7 Å². The van der Waals surface area contributed by atoms with Gasteiger partial charge in [-0.2, -0.15) is 0 Å². The summed E-state index contributed by atoms with van der Waals surface area (Å²) < 4.78 is 31.4. The Hall–Kier alpha value is -2.68. The minimum Gasteiger partial charge on any atom is -0.495 e. The Morgan fingerprint density at radius 3 is 2.45 bits per heavy atom. The lowest BCUT2D eigenvalue weighted by molar-refractivity contribution is -0.114. The molecule has 0 aliphatic heterocycles. The van der Waals surface area contributed by atoms with Crippen molar-refractivity contribution < 1.29 is 17.9 Å². The summed E-state index contributed by atoms with van der Waals surface area (Å²) in [6.07, 6.45) is 1.07. The fourth-order valence-corrected chi connectivity index (χ4v) is 5.08. The monoisotopic (exact) mass is 504 g/mol. The van der Waals surface area contributed by atoms with Crippen LogP contribution in [0.15, 0.2) is 71.6 Å². The van der Waals surface area contributed by atoms with Crippen LogP contribution >= 0.6 is 23.4 Å². The minimum atomic E-state index is -3.74. The van der Waals surface area contributed by atoms with E-state index in [2.05, 4.69) is 5.32 Å². The molecule has 0 bridgehead atoms. The standard InChI is InChI=1S/C24H25ClN2O4S2/c1-17-8-13-22(31-2)21(14-17)27(33(3,29)30)15-24(28)26-20-6-4-5-7-23(20)32-16-18-9-11-19(25)12-10-18/h4-14H,15-16H2,1-3H3,(H,26,28). The quantitative estimate of drug-likeness (QED) is 0.397. The molecule has 1 amide bonds. The van der Waals surface area contributed by atoms with Gasteiger partial charge < -0.3 is 10.1 Å². The minimum absolute atomic E-state index is 0.320. The number of anilines is 2. The van der Waals surface area contributed by atoms with Crippen LogP contribution in [0.5, 0.6) is 5.75 Å². The van der Waals surface area contributed by atoms with Crippen LogP contribution in [0.2, 0.25) is 5.02 Å². The van der Waals surface area contributed by atoms with E-state index >= 15 is 0 Å². The molecule has 9 heteroatoms. The number of rotatable bonds is 9. The summed E-state index contributed by atoms with van der Waals surface area (Å²) in [4.78, 5) is 13.8. The van der Waals surface area contributed by atoms with E-state index < -0.39 is 15.9 Å². The number of hydrogen-bond acceptors (Lipinski definition) is 5. The lowest BCUT2D eigenvalue weighted by Crippen LogP contribution is -2.37. The highest BCUT2D eigenvalue weighted by Gasteiger charge is 2.24. The van der Waals surface area contributed by atoms with Gasteiger partial charge in [-0.05, 0) is 54.4 Å². The molecule has 3 rings (SSSR count). The van der Waals surface area contributed by atoms with Crippen molar-refractivity contribution in [3.8, 4) is 5.75 Å². The molecular formula is C24H25ClN2O4S2. The van der Waals surface area contributed by atoms with Gasteiger partial charge in [-0.25, -0.2) is 8.42 Å². The van der Waals surface area contributed by atoms with Crippen molar-refractivity contribution >= 4 is 50.7 Å². The summed E-state index contributed by atoms with van der Waals surface area (Å²) >= 11 is 7.52. The number of amides is 1. The highest BCUT2D eigenvalue weighted by atomic mass is 35.5. The third-order valence-corrected chi connectivity index (χ3v) is 7.28. The second kappa shape index (κ2) is 11.0. The third-order valence-electron chi connectivity index (χ3n) is 4.76. The highest BCUT2D eigenvalue weighted by molar-refractivity contribution is 7.98. The van der Waals surface area contributed by atoms with E-state index in [1.807, 2.05) is 55.5 Å². The smallest absolute Gasteiger partial charge is 0.245 e. The normalized spacial score (nSPS) is 11.2. The number of hydrogen-bond donors (Lipinski definition) is 1. The van der Waals surface area contributed by atoms with E-state index in [9.17, 15) is 13.2 Å². The zero-order valence-corrected chi connectivity index (χ0v) is 20.9. The number of nitrogens with one attached hydrogen (secondary N) is 1. The maximum atomic E-state index is 12.9. The third kappa shape index (κ3) is 6.90. The Bertz CT molecular complexity index is 1230. The van der Waals surface area contributed by atoms with Crippen LogP contribution in [0.1, 0.15) is 11.1 Å². The number of nitrogens with zero attached hydrogens (tertiary/aromatic N) is 1. The van der Waals surface area contributed by atoms with Gasteiger partial charge in [0.2, 0.25) is 15.9 Å². The Kier molecular flexibility index (Phi) is 8.29. The maximum Gasteiger partial charge on any atom is 0.245 e. The number of thioether (sulfide) groups is 1. The lowest BCUT2D eigenvalue weighted by Gasteiger charge is -2.24. The molecular weight excluding hydrogens is 480 g/mol. The van der Waals surface area contributed by atoms with Crippen molar-refractivity contribution in [1.29, 1.82) is 0 Å². The SMILES string of the molecule is COc1ccc(C)cc1N(CC(=O)Nc1ccccc1SCc1ccc(Cl)cc1)S(C)(=O)=O. The number of halogens is 1. The largest absolute Gasteiger partial charge is 0.495 e. The molecule has 33 heavy (non-hydrogen) atoms. The molecule has 0 aromatic heterocycles. The molecule has 0 fully saturated rings. The van der Waals surface area contributed by atoms with Gasteiger partial charge in [-0.1, -0.05) is 41.9 Å². The Morgan fingerprint density at radius 2 is 1.79 bits per heavy atom. The molecule has 0 heterocycles. The first-order valence-corrected chi connectivity index (χ1v) is 13.3. The van der Waals surface area contributed by atoms with Gasteiger partial charge in [0, 0.05) is 15.7 Å². The average molecular weight is 505 g/mol.